The van der Waals surface area contributed by atoms with E-state index >= 15 is 0 Å². The van der Waals surface area contributed by atoms with E-state index in [0.29, 0.717) is 18.7 Å². The molecular weight excluding hydrogens is 372 g/mol. The molecule has 0 radical (unpaired) electrons. The Morgan fingerprint density at radius 3 is 2.41 bits per heavy atom. The van der Waals surface area contributed by atoms with Crippen molar-refractivity contribution < 1.29 is 14.5 Å². The number of non-ortho nitro benzene ring substituents is 1. The van der Waals surface area contributed by atoms with Crippen molar-refractivity contribution >= 4 is 11.6 Å². The van der Waals surface area contributed by atoms with E-state index in [1.807, 2.05) is 48.9 Å². The Hall–Kier alpha value is -3.68. The Balaban J connectivity index is 1.43. The third-order valence-electron chi connectivity index (χ3n) is 4.34. The summed E-state index contributed by atoms with van der Waals surface area (Å²) in [7, 11) is 0. The van der Waals surface area contributed by atoms with Gasteiger partial charge in [-0.3, -0.25) is 14.9 Å². The number of aromatic nitrogens is 2. The van der Waals surface area contributed by atoms with Crippen LogP contribution in [0.25, 0.3) is 5.69 Å². The van der Waals surface area contributed by atoms with Gasteiger partial charge in [0.25, 0.3) is 11.6 Å². The van der Waals surface area contributed by atoms with Crippen molar-refractivity contribution in [3.63, 3.8) is 0 Å². The zero-order valence-corrected chi connectivity index (χ0v) is 16.3. The molecule has 1 N–H and O–H groups in total. The van der Waals surface area contributed by atoms with Gasteiger partial charge in [0, 0.05) is 24.4 Å². The molecule has 1 aromatic heterocycles. The van der Waals surface area contributed by atoms with E-state index < -0.39 is 4.92 Å². The van der Waals surface area contributed by atoms with Gasteiger partial charge in [-0.05, 0) is 56.2 Å². The van der Waals surface area contributed by atoms with Crippen LogP contribution in [0.1, 0.15) is 17.0 Å². The fourth-order valence-corrected chi connectivity index (χ4v) is 2.90. The standard InChI is InChI=1S/C21H22N4O4/c1-15-13-16(2)24(23-15)18-5-3-17(4-6-18)11-12-22-21(26)14-29-20-9-7-19(8-10-20)25(27)28/h3-10,13H,11-12,14H2,1-2H3,(H,22,26). The molecule has 1 amide bonds. The normalized spacial score (nSPS) is 10.6. The Morgan fingerprint density at radius 1 is 1.14 bits per heavy atom. The van der Waals surface area contributed by atoms with Crippen molar-refractivity contribution in [1.29, 1.82) is 0 Å². The highest BCUT2D eigenvalue weighted by molar-refractivity contribution is 5.77. The van der Waals surface area contributed by atoms with E-state index in [4.69, 9.17) is 4.74 Å². The van der Waals surface area contributed by atoms with Crippen LogP contribution in [-0.4, -0.2) is 33.8 Å². The summed E-state index contributed by atoms with van der Waals surface area (Å²) in [5.41, 5.74) is 4.14. The predicted molar refractivity (Wildman–Crippen MR) is 108 cm³/mol. The van der Waals surface area contributed by atoms with E-state index in [0.717, 1.165) is 22.6 Å². The fraction of sp³-hybridized carbons (Fsp3) is 0.238. The van der Waals surface area contributed by atoms with Gasteiger partial charge >= 0.3 is 0 Å². The Morgan fingerprint density at radius 2 is 1.83 bits per heavy atom. The van der Waals surface area contributed by atoms with E-state index in [1.165, 1.54) is 24.3 Å². The van der Waals surface area contributed by atoms with Crippen LogP contribution < -0.4 is 10.1 Å². The second-order valence-electron chi connectivity index (χ2n) is 6.64. The number of nitro groups is 1. The van der Waals surface area contributed by atoms with E-state index in [2.05, 4.69) is 10.4 Å². The number of rotatable bonds is 8. The lowest BCUT2D eigenvalue weighted by atomic mass is 10.1. The minimum absolute atomic E-state index is 0.0225. The topological polar surface area (TPSA) is 99.3 Å². The molecule has 2 aromatic carbocycles. The van der Waals surface area contributed by atoms with Gasteiger partial charge in [0.2, 0.25) is 0 Å². The minimum atomic E-state index is -0.486. The van der Waals surface area contributed by atoms with Crippen molar-refractivity contribution in [2.24, 2.45) is 0 Å². The van der Waals surface area contributed by atoms with Crippen molar-refractivity contribution in [2.75, 3.05) is 13.2 Å². The smallest absolute Gasteiger partial charge is 0.269 e. The molecule has 3 rings (SSSR count). The molecule has 0 spiro atoms. The molecule has 3 aromatic rings. The zero-order valence-electron chi connectivity index (χ0n) is 16.3. The lowest BCUT2D eigenvalue weighted by molar-refractivity contribution is -0.384. The molecule has 29 heavy (non-hydrogen) atoms. The van der Waals surface area contributed by atoms with E-state index in [1.54, 1.807) is 0 Å². The number of hydrogen-bond acceptors (Lipinski definition) is 5. The highest BCUT2D eigenvalue weighted by atomic mass is 16.6. The molecule has 1 heterocycles. The Kier molecular flexibility index (Phi) is 6.23. The molecule has 8 nitrogen and oxygen atoms in total. The SMILES string of the molecule is Cc1cc(C)n(-c2ccc(CCNC(=O)COc3ccc([N+](=O)[O-])cc3)cc2)n1. The highest BCUT2D eigenvalue weighted by Crippen LogP contribution is 2.17. The van der Waals surface area contributed by atoms with Crippen LogP contribution in [0.2, 0.25) is 0 Å². The average molecular weight is 394 g/mol. The van der Waals surface area contributed by atoms with E-state index in [9.17, 15) is 14.9 Å². The second-order valence-corrected chi connectivity index (χ2v) is 6.64. The van der Waals surface area contributed by atoms with E-state index in [-0.39, 0.29) is 18.2 Å². The number of amides is 1. The molecule has 0 aliphatic rings. The molecule has 150 valence electrons. The summed E-state index contributed by atoms with van der Waals surface area (Å²) in [5.74, 6) is 0.160. The maximum absolute atomic E-state index is 11.9. The first-order chi connectivity index (χ1) is 13.9. The first kappa shape index (κ1) is 20.1. The first-order valence-corrected chi connectivity index (χ1v) is 9.19. The highest BCUT2D eigenvalue weighted by Gasteiger charge is 2.07. The zero-order chi connectivity index (χ0) is 20.8. The molecular formula is C21H22N4O4. The molecule has 0 saturated heterocycles. The average Bonchev–Trinajstić information content (AvgIpc) is 3.05. The summed E-state index contributed by atoms with van der Waals surface area (Å²) >= 11 is 0. The number of carbonyl (C=O) groups is 1. The van der Waals surface area contributed by atoms with Gasteiger partial charge in [-0.1, -0.05) is 12.1 Å². The lowest BCUT2D eigenvalue weighted by Crippen LogP contribution is -2.30. The molecule has 0 saturated carbocycles. The summed E-state index contributed by atoms with van der Waals surface area (Å²) in [6, 6.07) is 15.7. The summed E-state index contributed by atoms with van der Waals surface area (Å²) in [5, 5.41) is 17.9. The van der Waals surface area contributed by atoms with Crippen molar-refractivity contribution in [1.82, 2.24) is 15.1 Å². The van der Waals surface area contributed by atoms with Crippen LogP contribution in [-0.2, 0) is 11.2 Å². The largest absolute Gasteiger partial charge is 0.484 e. The van der Waals surface area contributed by atoms with Crippen LogP contribution in [0.5, 0.6) is 5.75 Å². The second kappa shape index (κ2) is 9.01. The number of hydrogen-bond donors (Lipinski definition) is 1. The predicted octanol–water partition coefficient (Wildman–Crippen LogP) is 3.14. The molecule has 0 atom stereocenters. The Bertz CT molecular complexity index is 995. The molecule has 0 aliphatic heterocycles. The molecule has 0 fully saturated rings. The summed E-state index contributed by atoms with van der Waals surface area (Å²) < 4.78 is 7.24. The number of nitro benzene ring substituents is 1. The van der Waals surface area contributed by atoms with Crippen LogP contribution in [0.3, 0.4) is 0 Å². The van der Waals surface area contributed by atoms with Crippen LogP contribution in [0.4, 0.5) is 5.69 Å². The van der Waals surface area contributed by atoms with Gasteiger partial charge in [0.15, 0.2) is 6.61 Å². The number of carbonyl (C=O) groups excluding carboxylic acids is 1. The van der Waals surface area contributed by atoms with Crippen LogP contribution in [0.15, 0.2) is 54.6 Å². The van der Waals surface area contributed by atoms with Gasteiger partial charge < -0.3 is 10.1 Å². The third-order valence-corrected chi connectivity index (χ3v) is 4.34. The van der Waals surface area contributed by atoms with Crippen molar-refractivity contribution in [3.8, 4) is 11.4 Å². The van der Waals surface area contributed by atoms with Gasteiger partial charge in [0.05, 0.1) is 16.3 Å². The summed E-state index contributed by atoms with van der Waals surface area (Å²) in [4.78, 5) is 22.0. The minimum Gasteiger partial charge on any atom is -0.484 e. The monoisotopic (exact) mass is 394 g/mol. The lowest BCUT2D eigenvalue weighted by Gasteiger charge is -2.08. The van der Waals surface area contributed by atoms with Crippen molar-refractivity contribution in [3.05, 3.63) is 81.7 Å². The number of nitrogens with zero attached hydrogens (tertiary/aromatic N) is 3. The van der Waals surface area contributed by atoms with Crippen molar-refractivity contribution in [2.45, 2.75) is 20.3 Å². The van der Waals surface area contributed by atoms with Gasteiger partial charge in [-0.15, -0.1) is 0 Å². The van der Waals surface area contributed by atoms with Gasteiger partial charge in [-0.2, -0.15) is 5.10 Å². The third kappa shape index (κ3) is 5.41. The number of benzene rings is 2. The maximum Gasteiger partial charge on any atom is 0.269 e. The molecule has 0 aliphatic carbocycles. The molecule has 8 heteroatoms. The molecule has 0 unspecified atom stereocenters. The number of ether oxygens (including phenoxy) is 1. The first-order valence-electron chi connectivity index (χ1n) is 9.19. The fourth-order valence-electron chi connectivity index (χ4n) is 2.90. The maximum atomic E-state index is 11.9. The summed E-state index contributed by atoms with van der Waals surface area (Å²) in [6.45, 7) is 4.32. The van der Waals surface area contributed by atoms with Crippen LogP contribution in [0, 0.1) is 24.0 Å². The quantitative estimate of drug-likeness (QED) is 0.467. The van der Waals surface area contributed by atoms with Gasteiger partial charge in [-0.25, -0.2) is 4.68 Å². The van der Waals surface area contributed by atoms with Gasteiger partial charge in [0.1, 0.15) is 5.75 Å². The molecule has 0 bridgehead atoms. The number of nitrogens with one attached hydrogen (secondary N) is 1. The number of aryl methyl sites for hydroxylation is 2. The van der Waals surface area contributed by atoms with Crippen LogP contribution >= 0.6 is 0 Å². The Labute approximate surface area is 168 Å². The summed E-state index contributed by atoms with van der Waals surface area (Å²) in [6.07, 6.45) is 0.695.